The van der Waals surface area contributed by atoms with Gasteiger partial charge in [-0.1, -0.05) is 0 Å². The van der Waals surface area contributed by atoms with Gasteiger partial charge in [-0.3, -0.25) is 9.59 Å². The predicted molar refractivity (Wildman–Crippen MR) is 67.7 cm³/mol. The third-order valence-corrected chi connectivity index (χ3v) is 5.29. The first-order valence-electron chi connectivity index (χ1n) is 6.01. The minimum absolute atomic E-state index is 0.0507. The summed E-state index contributed by atoms with van der Waals surface area (Å²) in [6, 6.07) is -0.262. The highest BCUT2D eigenvalue weighted by Crippen LogP contribution is 2.10. The molecule has 0 aromatic carbocycles. The lowest BCUT2D eigenvalue weighted by atomic mass is 10.2. The average Bonchev–Trinajstić information content (AvgIpc) is 2.36. The second-order valence-corrected chi connectivity index (χ2v) is 7.51. The van der Waals surface area contributed by atoms with E-state index in [1.807, 2.05) is 0 Å². The van der Waals surface area contributed by atoms with E-state index in [0.29, 0.717) is 0 Å². The molecule has 18 heavy (non-hydrogen) atoms. The number of hydrogen-bond acceptors (Lipinski definition) is 4. The van der Waals surface area contributed by atoms with Crippen molar-refractivity contribution in [2.24, 2.45) is 0 Å². The quantitative estimate of drug-likeness (QED) is 0.753. The van der Waals surface area contributed by atoms with Gasteiger partial charge in [0.15, 0.2) is 9.84 Å². The first kappa shape index (κ1) is 14.9. The summed E-state index contributed by atoms with van der Waals surface area (Å²) in [7, 11) is -3.17. The highest BCUT2D eigenvalue weighted by Gasteiger charge is 2.28. The highest BCUT2D eigenvalue weighted by molar-refractivity contribution is 7.92. The fourth-order valence-electron chi connectivity index (χ4n) is 1.78. The molecule has 1 atom stereocenters. The van der Waals surface area contributed by atoms with Gasteiger partial charge in [-0.2, -0.15) is 0 Å². The number of amides is 2. The Labute approximate surface area is 108 Å². The molecule has 1 saturated heterocycles. The smallest absolute Gasteiger partial charge is 0.242 e. The molecule has 0 saturated carbocycles. The molecular formula is C11H20N2O4S. The first-order chi connectivity index (χ1) is 8.24. The summed E-state index contributed by atoms with van der Waals surface area (Å²) in [5.74, 6) is -0.466. The number of nitrogens with one attached hydrogen (secondary N) is 1. The fourth-order valence-corrected chi connectivity index (χ4v) is 2.70. The third kappa shape index (κ3) is 3.69. The van der Waals surface area contributed by atoms with Crippen molar-refractivity contribution in [3.63, 3.8) is 0 Å². The van der Waals surface area contributed by atoms with Gasteiger partial charge in [0.1, 0.15) is 0 Å². The second kappa shape index (κ2) is 5.69. The van der Waals surface area contributed by atoms with Crippen molar-refractivity contribution < 1.29 is 18.0 Å². The lowest BCUT2D eigenvalue weighted by molar-refractivity contribution is -0.131. The monoisotopic (exact) mass is 276 g/mol. The van der Waals surface area contributed by atoms with Crippen LogP contribution in [-0.2, 0) is 19.4 Å². The van der Waals surface area contributed by atoms with E-state index in [0.717, 1.165) is 0 Å². The Hall–Kier alpha value is -1.11. The Morgan fingerprint density at radius 2 is 2.00 bits per heavy atom. The van der Waals surface area contributed by atoms with Gasteiger partial charge in [0.2, 0.25) is 11.8 Å². The van der Waals surface area contributed by atoms with E-state index in [4.69, 9.17) is 0 Å². The summed E-state index contributed by atoms with van der Waals surface area (Å²) in [6.07, 6.45) is 0.216. The molecule has 104 valence electrons. The topological polar surface area (TPSA) is 83.6 Å². The average molecular weight is 276 g/mol. The zero-order valence-electron chi connectivity index (χ0n) is 11.0. The summed E-state index contributed by atoms with van der Waals surface area (Å²) in [5.41, 5.74) is 0. The van der Waals surface area contributed by atoms with Gasteiger partial charge in [0.05, 0.1) is 17.5 Å². The van der Waals surface area contributed by atoms with Gasteiger partial charge in [0.25, 0.3) is 0 Å². The fraction of sp³-hybridized carbons (Fsp3) is 0.818. The number of nitrogens with zero attached hydrogens (tertiary/aromatic N) is 1. The molecule has 0 aliphatic carbocycles. The van der Waals surface area contributed by atoms with Gasteiger partial charge in [0, 0.05) is 19.0 Å². The maximum absolute atomic E-state index is 11.8. The Kier molecular flexibility index (Phi) is 4.72. The molecular weight excluding hydrogens is 256 g/mol. The van der Waals surface area contributed by atoms with Gasteiger partial charge >= 0.3 is 0 Å². The van der Waals surface area contributed by atoms with Crippen LogP contribution in [0.25, 0.3) is 0 Å². The number of hydrogen-bond donors (Lipinski definition) is 1. The molecule has 0 aromatic rings. The van der Waals surface area contributed by atoms with Crippen molar-refractivity contribution in [1.29, 1.82) is 0 Å². The molecule has 6 nitrogen and oxygen atoms in total. The second-order valence-electron chi connectivity index (χ2n) is 4.83. The molecule has 1 fully saturated rings. The Morgan fingerprint density at radius 1 is 1.39 bits per heavy atom. The lowest BCUT2D eigenvalue weighted by Gasteiger charge is -2.26. The molecule has 1 heterocycles. The van der Waals surface area contributed by atoms with Crippen LogP contribution in [0.15, 0.2) is 0 Å². The van der Waals surface area contributed by atoms with Crippen molar-refractivity contribution in [3.05, 3.63) is 0 Å². The highest BCUT2D eigenvalue weighted by atomic mass is 32.2. The lowest BCUT2D eigenvalue weighted by Crippen LogP contribution is -2.43. The van der Waals surface area contributed by atoms with Gasteiger partial charge < -0.3 is 10.2 Å². The summed E-state index contributed by atoms with van der Waals surface area (Å²) in [5, 5.41) is 2.05. The molecule has 1 rings (SSSR count). The number of rotatable bonds is 4. The predicted octanol–water partition coefficient (Wildman–Crippen LogP) is -0.453. The summed E-state index contributed by atoms with van der Waals surface area (Å²) >= 11 is 0. The molecule has 0 radical (unpaired) electrons. The Morgan fingerprint density at radius 3 is 2.56 bits per heavy atom. The number of sulfone groups is 1. The summed E-state index contributed by atoms with van der Waals surface area (Å²) in [6.45, 7) is 5.09. The van der Waals surface area contributed by atoms with Crippen LogP contribution in [0.4, 0.5) is 0 Å². The minimum atomic E-state index is -3.17. The molecule has 0 aromatic heterocycles. The zero-order chi connectivity index (χ0) is 13.9. The van der Waals surface area contributed by atoms with Crippen LogP contribution in [0, 0.1) is 0 Å². The third-order valence-electron chi connectivity index (χ3n) is 3.10. The molecule has 0 spiro atoms. The molecule has 1 unspecified atom stereocenters. The van der Waals surface area contributed by atoms with Crippen molar-refractivity contribution in [2.75, 3.05) is 18.8 Å². The van der Waals surface area contributed by atoms with Crippen LogP contribution in [0.1, 0.15) is 27.2 Å². The van der Waals surface area contributed by atoms with Gasteiger partial charge in [-0.05, 0) is 20.8 Å². The van der Waals surface area contributed by atoms with Crippen molar-refractivity contribution >= 4 is 21.7 Å². The van der Waals surface area contributed by atoms with E-state index in [2.05, 4.69) is 5.32 Å². The number of carbonyl (C=O) groups excluding carboxylic acids is 2. The van der Waals surface area contributed by atoms with E-state index >= 15 is 0 Å². The minimum Gasteiger partial charge on any atom is -0.347 e. The van der Waals surface area contributed by atoms with Crippen LogP contribution in [-0.4, -0.2) is 55.3 Å². The largest absolute Gasteiger partial charge is 0.347 e. The van der Waals surface area contributed by atoms with Crippen molar-refractivity contribution in [3.8, 4) is 0 Å². The zero-order valence-corrected chi connectivity index (χ0v) is 11.8. The molecule has 1 aliphatic rings. The van der Waals surface area contributed by atoms with Crippen LogP contribution in [0.2, 0.25) is 0 Å². The normalized spacial score (nSPS) is 22.0. The van der Waals surface area contributed by atoms with E-state index < -0.39 is 15.1 Å². The number of carbonyl (C=O) groups is 2. The van der Waals surface area contributed by atoms with Crippen LogP contribution < -0.4 is 5.32 Å². The Bertz CT molecular complexity index is 430. The van der Waals surface area contributed by atoms with Crippen LogP contribution >= 0.6 is 0 Å². The van der Waals surface area contributed by atoms with Crippen molar-refractivity contribution in [1.82, 2.24) is 10.2 Å². The SMILES string of the molecule is CC1CC(=O)NCC(=O)N1CCS(=O)(=O)C(C)C. The van der Waals surface area contributed by atoms with E-state index in [-0.39, 0.29) is 43.1 Å². The first-order valence-corrected chi connectivity index (χ1v) is 7.73. The molecule has 1 aliphatic heterocycles. The maximum Gasteiger partial charge on any atom is 0.242 e. The standard InChI is InChI=1S/C11H20N2O4S/c1-8(2)18(16,17)5-4-13-9(3)6-10(14)12-7-11(13)15/h8-9H,4-7H2,1-3H3,(H,12,14). The molecule has 2 amide bonds. The molecule has 7 heteroatoms. The Balaban J connectivity index is 2.70. The van der Waals surface area contributed by atoms with E-state index in [1.165, 1.54) is 4.90 Å². The summed E-state index contributed by atoms with van der Waals surface area (Å²) in [4.78, 5) is 24.5. The maximum atomic E-state index is 11.8. The van der Waals surface area contributed by atoms with Gasteiger partial charge in [-0.15, -0.1) is 0 Å². The van der Waals surface area contributed by atoms with Crippen molar-refractivity contribution in [2.45, 2.75) is 38.5 Å². The van der Waals surface area contributed by atoms with E-state index in [9.17, 15) is 18.0 Å². The van der Waals surface area contributed by atoms with Crippen LogP contribution in [0.5, 0.6) is 0 Å². The molecule has 1 N–H and O–H groups in total. The van der Waals surface area contributed by atoms with E-state index in [1.54, 1.807) is 20.8 Å². The van der Waals surface area contributed by atoms with Gasteiger partial charge in [-0.25, -0.2) is 8.42 Å². The van der Waals surface area contributed by atoms with Crippen LogP contribution in [0.3, 0.4) is 0 Å². The summed E-state index contributed by atoms with van der Waals surface area (Å²) < 4.78 is 23.4. The molecule has 0 bridgehead atoms.